The lowest BCUT2D eigenvalue weighted by atomic mass is 10.1. The summed E-state index contributed by atoms with van der Waals surface area (Å²) in [5, 5.41) is 9.15. The number of carbonyl (C=O) groups excluding carboxylic acids is 2. The summed E-state index contributed by atoms with van der Waals surface area (Å²) in [5.74, 6) is 4.80. The largest absolute Gasteiger partial charge is 0.478 e. The fourth-order valence-corrected chi connectivity index (χ4v) is 2.08. The Morgan fingerprint density at radius 3 is 2.90 bits per heavy atom. The topological polar surface area (TPSA) is 105 Å². The molecule has 108 valence electrons. The van der Waals surface area contributed by atoms with E-state index in [0.717, 1.165) is 0 Å². The molecule has 4 N–H and O–H groups in total. The van der Waals surface area contributed by atoms with E-state index in [-0.39, 0.29) is 19.1 Å². The van der Waals surface area contributed by atoms with Gasteiger partial charge >= 0.3 is 0 Å². The molecule has 1 atom stereocenters. The van der Waals surface area contributed by atoms with Crippen LogP contribution < -0.4 is 20.9 Å². The average molecular weight is 279 g/mol. The zero-order valence-electron chi connectivity index (χ0n) is 11.1. The fraction of sp³-hybridized carbons (Fsp3) is 0.385. The van der Waals surface area contributed by atoms with Crippen LogP contribution in [0.5, 0.6) is 5.75 Å². The minimum Gasteiger partial charge on any atom is -0.478 e. The van der Waals surface area contributed by atoms with Crippen LogP contribution in [0.3, 0.4) is 0 Å². The highest BCUT2D eigenvalue weighted by molar-refractivity contribution is 6.03. The zero-order valence-corrected chi connectivity index (χ0v) is 11.1. The van der Waals surface area contributed by atoms with Crippen LogP contribution in [-0.2, 0) is 16.2 Å². The summed E-state index contributed by atoms with van der Waals surface area (Å²) in [4.78, 5) is 25.0. The quantitative estimate of drug-likeness (QED) is 0.398. The Hall–Kier alpha value is -2.12. The molecule has 7 nitrogen and oxygen atoms in total. The van der Waals surface area contributed by atoms with Gasteiger partial charge in [-0.3, -0.25) is 19.9 Å². The number of fused-ring (bicyclic) bond motifs is 1. The summed E-state index contributed by atoms with van der Waals surface area (Å²) in [6, 6.07) is 4.99. The Morgan fingerprint density at radius 1 is 1.55 bits per heavy atom. The van der Waals surface area contributed by atoms with Crippen LogP contribution in [0.4, 0.5) is 5.69 Å². The summed E-state index contributed by atoms with van der Waals surface area (Å²) >= 11 is 0. The van der Waals surface area contributed by atoms with Gasteiger partial charge in [0.2, 0.25) is 0 Å². The van der Waals surface area contributed by atoms with E-state index in [1.54, 1.807) is 18.2 Å². The van der Waals surface area contributed by atoms with E-state index in [1.807, 2.05) is 12.3 Å². The van der Waals surface area contributed by atoms with E-state index in [4.69, 9.17) is 15.7 Å². The maximum Gasteiger partial charge on any atom is 0.268 e. The van der Waals surface area contributed by atoms with Gasteiger partial charge < -0.3 is 9.84 Å². The number of rotatable bonds is 4. The molecular formula is C13H17N3O4. The lowest BCUT2D eigenvalue weighted by Gasteiger charge is -2.33. The summed E-state index contributed by atoms with van der Waals surface area (Å²) in [5.41, 5.74) is 3.18. The molecule has 0 aromatic heterocycles. The van der Waals surface area contributed by atoms with E-state index in [1.165, 1.54) is 4.90 Å². The number of aliphatic hydroxyl groups is 1. The number of amides is 2. The molecule has 1 aromatic carbocycles. The molecule has 0 saturated carbocycles. The van der Waals surface area contributed by atoms with Crippen LogP contribution in [0, 0.1) is 0 Å². The minimum absolute atomic E-state index is 0.120. The lowest BCUT2D eigenvalue weighted by molar-refractivity contribution is -0.129. The number of nitrogens with one attached hydrogen (secondary N) is 1. The molecule has 2 amide bonds. The molecule has 7 heteroatoms. The molecule has 0 spiro atoms. The van der Waals surface area contributed by atoms with Gasteiger partial charge in [-0.15, -0.1) is 0 Å². The monoisotopic (exact) mass is 279 g/mol. The number of hydrogen-bond acceptors (Lipinski definition) is 5. The van der Waals surface area contributed by atoms with Crippen molar-refractivity contribution in [3.63, 3.8) is 0 Å². The number of benzene rings is 1. The van der Waals surface area contributed by atoms with E-state index in [2.05, 4.69) is 0 Å². The van der Waals surface area contributed by atoms with Gasteiger partial charge in [0.05, 0.1) is 12.3 Å². The Kier molecular flexibility index (Phi) is 4.21. The first kappa shape index (κ1) is 14.3. The maximum atomic E-state index is 12.3. The number of hydrogen-bond donors (Lipinski definition) is 3. The van der Waals surface area contributed by atoms with Gasteiger partial charge in [-0.25, -0.2) is 5.84 Å². The first-order valence-electron chi connectivity index (χ1n) is 6.32. The van der Waals surface area contributed by atoms with Gasteiger partial charge in [0.15, 0.2) is 6.10 Å². The molecule has 1 aliphatic heterocycles. The Labute approximate surface area is 116 Å². The van der Waals surface area contributed by atoms with Gasteiger partial charge in [-0.1, -0.05) is 13.0 Å². The molecular weight excluding hydrogens is 262 g/mol. The molecule has 1 heterocycles. The second-order valence-electron chi connectivity index (χ2n) is 4.47. The van der Waals surface area contributed by atoms with E-state index in [9.17, 15) is 9.59 Å². The second-order valence-corrected chi connectivity index (χ2v) is 4.47. The standard InChI is InChI=1S/C13H17N3O4/c1-2-10-13(19)16(6-12(18)15-14)9-4-3-8(7-17)5-11(9)20-10/h3-5,10,17H,2,6-7,14H2,1H3,(H,15,18). The van der Waals surface area contributed by atoms with Crippen LogP contribution in [0.25, 0.3) is 0 Å². The third-order valence-electron chi connectivity index (χ3n) is 3.14. The van der Waals surface area contributed by atoms with Crippen LogP contribution in [-0.4, -0.2) is 29.6 Å². The van der Waals surface area contributed by atoms with Crippen LogP contribution in [0.15, 0.2) is 18.2 Å². The number of hydrazine groups is 1. The smallest absolute Gasteiger partial charge is 0.268 e. The highest BCUT2D eigenvalue weighted by Crippen LogP contribution is 2.35. The van der Waals surface area contributed by atoms with Crippen molar-refractivity contribution in [3.05, 3.63) is 23.8 Å². The molecule has 0 fully saturated rings. The number of aliphatic hydroxyl groups excluding tert-OH is 1. The number of nitrogens with zero attached hydrogens (tertiary/aromatic N) is 1. The first-order valence-corrected chi connectivity index (χ1v) is 6.32. The minimum atomic E-state index is -0.637. The molecule has 0 saturated heterocycles. The van der Waals surface area contributed by atoms with Crippen LogP contribution >= 0.6 is 0 Å². The predicted octanol–water partition coefficient (Wildman–Crippen LogP) is -0.327. The molecule has 0 bridgehead atoms. The van der Waals surface area contributed by atoms with Gasteiger partial charge in [0.25, 0.3) is 11.8 Å². The van der Waals surface area contributed by atoms with E-state index >= 15 is 0 Å². The van der Waals surface area contributed by atoms with E-state index < -0.39 is 12.0 Å². The van der Waals surface area contributed by atoms with Gasteiger partial charge in [-0.05, 0) is 24.1 Å². The number of nitrogens with two attached hydrogens (primary N) is 1. The second kappa shape index (κ2) is 5.89. The van der Waals surface area contributed by atoms with Crippen LogP contribution in [0.1, 0.15) is 18.9 Å². The normalized spacial score (nSPS) is 17.4. The molecule has 0 aliphatic carbocycles. The van der Waals surface area contributed by atoms with E-state index in [0.29, 0.717) is 23.4 Å². The lowest BCUT2D eigenvalue weighted by Crippen LogP contribution is -2.50. The van der Waals surface area contributed by atoms with Crippen molar-refractivity contribution < 1.29 is 19.4 Å². The number of anilines is 1. The number of ether oxygens (including phenoxy) is 1. The van der Waals surface area contributed by atoms with Crippen molar-refractivity contribution >= 4 is 17.5 Å². The Morgan fingerprint density at radius 2 is 2.30 bits per heavy atom. The first-order chi connectivity index (χ1) is 9.60. The average Bonchev–Trinajstić information content (AvgIpc) is 2.48. The van der Waals surface area contributed by atoms with Crippen molar-refractivity contribution in [1.82, 2.24) is 5.43 Å². The van der Waals surface area contributed by atoms with Crippen molar-refractivity contribution in [2.45, 2.75) is 26.1 Å². The van der Waals surface area contributed by atoms with Gasteiger partial charge in [-0.2, -0.15) is 0 Å². The molecule has 1 unspecified atom stereocenters. The predicted molar refractivity (Wildman–Crippen MR) is 71.8 cm³/mol. The van der Waals surface area contributed by atoms with Crippen molar-refractivity contribution in [2.75, 3.05) is 11.4 Å². The number of carbonyl (C=O) groups is 2. The summed E-state index contributed by atoms with van der Waals surface area (Å²) in [6.07, 6.45) is -0.149. The molecule has 1 aromatic rings. The third kappa shape index (κ3) is 2.59. The van der Waals surface area contributed by atoms with Crippen molar-refractivity contribution in [1.29, 1.82) is 0 Å². The highest BCUT2D eigenvalue weighted by atomic mass is 16.5. The SMILES string of the molecule is CCC1Oc2cc(CO)ccc2N(CC(=O)NN)C1=O. The van der Waals surface area contributed by atoms with Gasteiger partial charge in [0.1, 0.15) is 12.3 Å². The molecule has 20 heavy (non-hydrogen) atoms. The zero-order chi connectivity index (χ0) is 14.7. The molecule has 2 rings (SSSR count). The van der Waals surface area contributed by atoms with Crippen molar-refractivity contribution in [2.24, 2.45) is 5.84 Å². The highest BCUT2D eigenvalue weighted by Gasteiger charge is 2.34. The van der Waals surface area contributed by atoms with Gasteiger partial charge in [0, 0.05) is 0 Å². The summed E-state index contributed by atoms with van der Waals surface area (Å²) < 4.78 is 5.62. The summed E-state index contributed by atoms with van der Waals surface area (Å²) in [7, 11) is 0. The Bertz CT molecular complexity index is 532. The van der Waals surface area contributed by atoms with Crippen molar-refractivity contribution in [3.8, 4) is 5.75 Å². The van der Waals surface area contributed by atoms with Crippen LogP contribution in [0.2, 0.25) is 0 Å². The summed E-state index contributed by atoms with van der Waals surface area (Å²) in [6.45, 7) is 1.54. The third-order valence-corrected chi connectivity index (χ3v) is 3.14. The molecule has 0 radical (unpaired) electrons. The maximum absolute atomic E-state index is 12.3. The molecule has 1 aliphatic rings. The fourth-order valence-electron chi connectivity index (χ4n) is 2.08. The Balaban J connectivity index is 2.40.